The van der Waals surface area contributed by atoms with E-state index < -0.39 is 5.54 Å². The van der Waals surface area contributed by atoms with Crippen molar-refractivity contribution in [3.05, 3.63) is 29.3 Å². The third kappa shape index (κ3) is 4.60. The number of nitrogens with zero attached hydrogens (tertiary/aromatic N) is 1. The molecule has 2 amide bonds. The molecule has 1 aromatic carbocycles. The Hall–Kier alpha value is -1.88. The molecular formula is C20H31N3O2. The van der Waals surface area contributed by atoms with E-state index in [1.807, 2.05) is 24.8 Å². The maximum atomic E-state index is 12.8. The van der Waals surface area contributed by atoms with Gasteiger partial charge in [0.25, 0.3) is 5.91 Å². The fraction of sp³-hybridized carbons (Fsp3) is 0.600. The summed E-state index contributed by atoms with van der Waals surface area (Å²) in [5.41, 5.74) is 7.45. The van der Waals surface area contributed by atoms with E-state index in [0.29, 0.717) is 17.7 Å². The van der Waals surface area contributed by atoms with Gasteiger partial charge in [-0.25, -0.2) is 0 Å². The average Bonchev–Trinajstić information content (AvgIpc) is 2.56. The second-order valence-corrected chi connectivity index (χ2v) is 7.49. The maximum Gasteiger partial charge on any atom is 0.254 e. The zero-order valence-corrected chi connectivity index (χ0v) is 15.9. The van der Waals surface area contributed by atoms with Crippen LogP contribution in [0.3, 0.4) is 0 Å². The first-order valence-corrected chi connectivity index (χ1v) is 9.28. The number of carbonyl (C=O) groups is 2. The Morgan fingerprint density at radius 2 is 2.08 bits per heavy atom. The maximum absolute atomic E-state index is 12.8. The number of rotatable bonds is 5. The van der Waals surface area contributed by atoms with Gasteiger partial charge in [0, 0.05) is 23.8 Å². The number of hydrogen-bond acceptors (Lipinski definition) is 3. The first-order chi connectivity index (χ1) is 11.8. The zero-order chi connectivity index (χ0) is 18.6. The number of aryl methyl sites for hydroxylation is 1. The van der Waals surface area contributed by atoms with Crippen LogP contribution in [0.15, 0.2) is 18.2 Å². The summed E-state index contributed by atoms with van der Waals surface area (Å²) < 4.78 is 0. The first kappa shape index (κ1) is 19.4. The van der Waals surface area contributed by atoms with Crippen molar-refractivity contribution in [2.24, 2.45) is 5.73 Å². The molecule has 3 N–H and O–H groups in total. The third-order valence-corrected chi connectivity index (χ3v) is 5.07. The van der Waals surface area contributed by atoms with Crippen molar-refractivity contribution in [2.75, 3.05) is 11.9 Å². The van der Waals surface area contributed by atoms with Gasteiger partial charge >= 0.3 is 0 Å². The number of anilines is 1. The highest BCUT2D eigenvalue weighted by Crippen LogP contribution is 2.23. The van der Waals surface area contributed by atoms with Crippen molar-refractivity contribution in [3.63, 3.8) is 0 Å². The molecule has 1 heterocycles. The van der Waals surface area contributed by atoms with E-state index in [0.717, 1.165) is 31.4 Å². The lowest BCUT2D eigenvalue weighted by molar-refractivity contribution is -0.120. The van der Waals surface area contributed by atoms with E-state index in [-0.39, 0.29) is 17.9 Å². The number of carbonyl (C=O) groups excluding carboxylic acids is 2. The summed E-state index contributed by atoms with van der Waals surface area (Å²) in [5.74, 6) is -0.121. The van der Waals surface area contributed by atoms with Crippen LogP contribution in [0, 0.1) is 6.92 Å². The van der Waals surface area contributed by atoms with Gasteiger partial charge in [-0.2, -0.15) is 0 Å². The van der Waals surface area contributed by atoms with Crippen LogP contribution < -0.4 is 11.1 Å². The molecule has 2 unspecified atom stereocenters. The van der Waals surface area contributed by atoms with Crippen LogP contribution in [-0.4, -0.2) is 34.8 Å². The number of amides is 2. The minimum Gasteiger partial charge on any atom is -0.336 e. The first-order valence-electron chi connectivity index (χ1n) is 9.28. The molecule has 2 rings (SSSR count). The summed E-state index contributed by atoms with van der Waals surface area (Å²) in [4.78, 5) is 27.1. The summed E-state index contributed by atoms with van der Waals surface area (Å²) in [6, 6.07) is 5.73. The Bertz CT molecular complexity index is 640. The van der Waals surface area contributed by atoms with Gasteiger partial charge in [0.1, 0.15) is 0 Å². The average molecular weight is 345 g/mol. The molecular weight excluding hydrogens is 314 g/mol. The molecule has 5 heteroatoms. The van der Waals surface area contributed by atoms with E-state index in [2.05, 4.69) is 12.2 Å². The summed E-state index contributed by atoms with van der Waals surface area (Å²) >= 11 is 0. The van der Waals surface area contributed by atoms with Crippen LogP contribution in [-0.2, 0) is 4.79 Å². The summed E-state index contributed by atoms with van der Waals surface area (Å²) in [5, 5.41) is 2.90. The number of nitrogens with one attached hydrogen (secondary N) is 1. The van der Waals surface area contributed by atoms with E-state index in [1.54, 1.807) is 19.1 Å². The Labute approximate surface area is 151 Å². The van der Waals surface area contributed by atoms with Gasteiger partial charge in [-0.15, -0.1) is 0 Å². The van der Waals surface area contributed by atoms with Crippen molar-refractivity contribution in [2.45, 2.75) is 71.4 Å². The van der Waals surface area contributed by atoms with Gasteiger partial charge in [-0.1, -0.05) is 13.3 Å². The molecule has 0 aliphatic carbocycles. The SMILES string of the molecule is CCCC(C)(N)C(=O)Nc1ccc(C(=O)N2CCCCC2C)cc1C. The van der Waals surface area contributed by atoms with Crippen LogP contribution in [0.1, 0.15) is 68.8 Å². The predicted octanol–water partition coefficient (Wildman–Crippen LogP) is 3.47. The minimum absolute atomic E-state index is 0.0721. The second-order valence-electron chi connectivity index (χ2n) is 7.49. The Kier molecular flexibility index (Phi) is 6.22. The highest BCUT2D eigenvalue weighted by molar-refractivity contribution is 5.99. The molecule has 0 bridgehead atoms. The monoisotopic (exact) mass is 345 g/mol. The van der Waals surface area contributed by atoms with Gasteiger partial charge in [0.15, 0.2) is 0 Å². The van der Waals surface area contributed by atoms with Gasteiger partial charge < -0.3 is 16.0 Å². The molecule has 1 aliphatic heterocycles. The number of nitrogens with two attached hydrogens (primary N) is 1. The molecule has 25 heavy (non-hydrogen) atoms. The van der Waals surface area contributed by atoms with E-state index in [9.17, 15) is 9.59 Å². The molecule has 1 aliphatic rings. The Morgan fingerprint density at radius 1 is 1.36 bits per heavy atom. The normalized spacial score (nSPS) is 20.0. The molecule has 0 radical (unpaired) electrons. The third-order valence-electron chi connectivity index (χ3n) is 5.07. The second kappa shape index (κ2) is 8.00. The quantitative estimate of drug-likeness (QED) is 0.858. The number of likely N-dealkylation sites (tertiary alicyclic amines) is 1. The lowest BCUT2D eigenvalue weighted by Crippen LogP contribution is -2.48. The highest BCUT2D eigenvalue weighted by atomic mass is 16.2. The minimum atomic E-state index is -0.890. The summed E-state index contributed by atoms with van der Waals surface area (Å²) in [6.45, 7) is 8.58. The van der Waals surface area contributed by atoms with Gasteiger partial charge in [-0.3, -0.25) is 9.59 Å². The number of hydrogen-bond donors (Lipinski definition) is 2. The fourth-order valence-electron chi connectivity index (χ4n) is 3.40. The number of benzene rings is 1. The van der Waals surface area contributed by atoms with Crippen LogP contribution >= 0.6 is 0 Å². The van der Waals surface area contributed by atoms with Crippen molar-refractivity contribution in [1.82, 2.24) is 4.90 Å². The molecule has 1 aromatic rings. The molecule has 5 nitrogen and oxygen atoms in total. The Morgan fingerprint density at radius 3 is 2.68 bits per heavy atom. The lowest BCUT2D eigenvalue weighted by atomic mass is 9.96. The van der Waals surface area contributed by atoms with E-state index in [1.165, 1.54) is 6.42 Å². The van der Waals surface area contributed by atoms with E-state index >= 15 is 0 Å². The van der Waals surface area contributed by atoms with Crippen LogP contribution in [0.5, 0.6) is 0 Å². The van der Waals surface area contributed by atoms with Gasteiger partial charge in [0.2, 0.25) is 5.91 Å². The predicted molar refractivity (Wildman–Crippen MR) is 102 cm³/mol. The number of piperidine rings is 1. The highest BCUT2D eigenvalue weighted by Gasteiger charge is 2.28. The zero-order valence-electron chi connectivity index (χ0n) is 15.9. The molecule has 1 fully saturated rings. The Balaban J connectivity index is 2.12. The van der Waals surface area contributed by atoms with Crippen LogP contribution in [0.4, 0.5) is 5.69 Å². The topological polar surface area (TPSA) is 75.4 Å². The lowest BCUT2D eigenvalue weighted by Gasteiger charge is -2.33. The molecule has 2 atom stereocenters. The smallest absolute Gasteiger partial charge is 0.254 e. The molecule has 0 aromatic heterocycles. The standard InChI is InChI=1S/C20H31N3O2/c1-5-11-20(4,21)19(25)22-17-10-9-16(13-14(17)2)18(24)23-12-7-6-8-15(23)3/h9-10,13,15H,5-8,11-12,21H2,1-4H3,(H,22,25). The van der Waals surface area contributed by atoms with Crippen LogP contribution in [0.25, 0.3) is 0 Å². The van der Waals surface area contributed by atoms with Crippen LogP contribution in [0.2, 0.25) is 0 Å². The largest absolute Gasteiger partial charge is 0.336 e. The van der Waals surface area contributed by atoms with E-state index in [4.69, 9.17) is 5.73 Å². The molecule has 1 saturated heterocycles. The summed E-state index contributed by atoms with van der Waals surface area (Å²) in [7, 11) is 0. The van der Waals surface area contributed by atoms with Crippen molar-refractivity contribution in [3.8, 4) is 0 Å². The molecule has 0 spiro atoms. The fourth-order valence-corrected chi connectivity index (χ4v) is 3.40. The van der Waals surface area contributed by atoms with Crippen molar-refractivity contribution in [1.29, 1.82) is 0 Å². The van der Waals surface area contributed by atoms with Crippen molar-refractivity contribution < 1.29 is 9.59 Å². The van der Waals surface area contributed by atoms with Gasteiger partial charge in [-0.05, 0) is 70.2 Å². The molecule has 0 saturated carbocycles. The van der Waals surface area contributed by atoms with Crippen molar-refractivity contribution >= 4 is 17.5 Å². The van der Waals surface area contributed by atoms with Gasteiger partial charge in [0.05, 0.1) is 5.54 Å². The molecule has 138 valence electrons. The summed E-state index contributed by atoms with van der Waals surface area (Å²) in [6.07, 6.45) is 4.79.